The molecule has 0 radical (unpaired) electrons. The number of benzene rings is 2. The van der Waals surface area contributed by atoms with Crippen molar-refractivity contribution in [3.63, 3.8) is 0 Å². The number of carbonyl (C=O) groups is 2. The van der Waals surface area contributed by atoms with Gasteiger partial charge in [-0.2, -0.15) is 0 Å². The van der Waals surface area contributed by atoms with Crippen LogP contribution in [-0.2, 0) is 6.42 Å². The van der Waals surface area contributed by atoms with E-state index in [1.807, 2.05) is 6.92 Å². The maximum Gasteiger partial charge on any atom is 0.265 e. The second kappa shape index (κ2) is 9.48. The summed E-state index contributed by atoms with van der Waals surface area (Å²) in [7, 11) is 1.59. The van der Waals surface area contributed by atoms with E-state index >= 15 is 0 Å². The van der Waals surface area contributed by atoms with E-state index in [-0.39, 0.29) is 17.6 Å². The highest BCUT2D eigenvalue weighted by atomic mass is 32.1. The summed E-state index contributed by atoms with van der Waals surface area (Å²) in [5, 5.41) is 0.825. The molecule has 2 heterocycles. The van der Waals surface area contributed by atoms with Crippen LogP contribution in [0.3, 0.4) is 0 Å². The number of aromatic nitrogens is 1. The van der Waals surface area contributed by atoms with Gasteiger partial charge in [0.15, 0.2) is 0 Å². The molecule has 2 amide bonds. The minimum Gasteiger partial charge on any atom is -0.497 e. The first-order valence-electron chi connectivity index (χ1n) is 10.4. The highest BCUT2D eigenvalue weighted by Crippen LogP contribution is 2.23. The zero-order valence-corrected chi connectivity index (χ0v) is 18.8. The number of amides is 2. The van der Waals surface area contributed by atoms with Crippen molar-refractivity contribution in [1.82, 2.24) is 14.8 Å². The van der Waals surface area contributed by atoms with Crippen molar-refractivity contribution in [3.8, 4) is 5.75 Å². The largest absolute Gasteiger partial charge is 0.497 e. The van der Waals surface area contributed by atoms with Gasteiger partial charge in [-0.1, -0.05) is 12.1 Å². The summed E-state index contributed by atoms with van der Waals surface area (Å²) in [5.74, 6) is 0.331. The second-order valence-electron chi connectivity index (χ2n) is 7.64. The van der Waals surface area contributed by atoms with Crippen LogP contribution in [0.15, 0.2) is 48.5 Å². The molecule has 32 heavy (non-hydrogen) atoms. The van der Waals surface area contributed by atoms with Crippen LogP contribution in [0.1, 0.15) is 36.3 Å². The van der Waals surface area contributed by atoms with Crippen molar-refractivity contribution >= 4 is 23.2 Å². The molecule has 1 aromatic heterocycles. The van der Waals surface area contributed by atoms with Gasteiger partial charge in [-0.05, 0) is 48.9 Å². The number of nitrogens with zero attached hydrogens (tertiary/aromatic N) is 3. The van der Waals surface area contributed by atoms with Crippen LogP contribution in [0.5, 0.6) is 5.75 Å². The molecule has 0 aliphatic carbocycles. The lowest BCUT2D eigenvalue weighted by Gasteiger charge is -2.34. The van der Waals surface area contributed by atoms with Crippen LogP contribution in [0.25, 0.3) is 0 Å². The van der Waals surface area contributed by atoms with Crippen LogP contribution in [0.2, 0.25) is 0 Å². The zero-order valence-electron chi connectivity index (χ0n) is 18.0. The lowest BCUT2D eigenvalue weighted by molar-refractivity contribution is 0.0537. The molecule has 0 N–H and O–H groups in total. The minimum absolute atomic E-state index is 0.0460. The van der Waals surface area contributed by atoms with E-state index in [4.69, 9.17) is 4.74 Å². The third-order valence-corrected chi connectivity index (χ3v) is 6.64. The molecule has 1 saturated heterocycles. The Labute approximate surface area is 190 Å². The predicted octanol–water partition coefficient (Wildman–Crippen LogP) is 3.79. The van der Waals surface area contributed by atoms with Gasteiger partial charge in [0.1, 0.15) is 16.4 Å². The smallest absolute Gasteiger partial charge is 0.265 e. The molecule has 8 heteroatoms. The van der Waals surface area contributed by atoms with Crippen molar-refractivity contribution in [2.75, 3.05) is 33.3 Å². The Morgan fingerprint density at radius 1 is 0.969 bits per heavy atom. The lowest BCUT2D eigenvalue weighted by Crippen LogP contribution is -2.50. The van der Waals surface area contributed by atoms with E-state index in [1.54, 1.807) is 53.3 Å². The van der Waals surface area contributed by atoms with Gasteiger partial charge in [-0.15, -0.1) is 11.3 Å². The number of hydrogen-bond acceptors (Lipinski definition) is 5. The van der Waals surface area contributed by atoms with Crippen molar-refractivity contribution in [3.05, 3.63) is 81.1 Å². The summed E-state index contributed by atoms with van der Waals surface area (Å²) >= 11 is 1.38. The van der Waals surface area contributed by atoms with Gasteiger partial charge in [0.2, 0.25) is 0 Å². The van der Waals surface area contributed by atoms with E-state index in [0.29, 0.717) is 54.5 Å². The topological polar surface area (TPSA) is 62.7 Å². The first kappa shape index (κ1) is 22.0. The number of ether oxygens (including phenoxy) is 1. The summed E-state index contributed by atoms with van der Waals surface area (Å²) in [6, 6.07) is 13.3. The third kappa shape index (κ3) is 4.80. The van der Waals surface area contributed by atoms with Gasteiger partial charge in [0.05, 0.1) is 17.8 Å². The van der Waals surface area contributed by atoms with Crippen LogP contribution >= 0.6 is 11.3 Å². The third-order valence-electron chi connectivity index (χ3n) is 5.49. The number of piperazine rings is 1. The van der Waals surface area contributed by atoms with Crippen molar-refractivity contribution in [2.45, 2.75) is 13.3 Å². The van der Waals surface area contributed by atoms with E-state index in [2.05, 4.69) is 4.98 Å². The van der Waals surface area contributed by atoms with E-state index in [9.17, 15) is 14.0 Å². The quantitative estimate of drug-likeness (QED) is 0.590. The van der Waals surface area contributed by atoms with Crippen molar-refractivity contribution < 1.29 is 18.7 Å². The average molecular weight is 454 g/mol. The molecule has 0 saturated carbocycles. The lowest BCUT2D eigenvalue weighted by atomic mass is 10.1. The molecule has 0 unspecified atom stereocenters. The maximum atomic E-state index is 13.1. The summed E-state index contributed by atoms with van der Waals surface area (Å²) in [5.41, 5.74) is 2.26. The molecule has 0 bridgehead atoms. The van der Waals surface area contributed by atoms with Crippen LogP contribution < -0.4 is 4.74 Å². The molecule has 1 aliphatic rings. The van der Waals surface area contributed by atoms with Crippen LogP contribution in [0, 0.1) is 12.7 Å². The van der Waals surface area contributed by atoms with Gasteiger partial charge >= 0.3 is 0 Å². The van der Waals surface area contributed by atoms with Crippen LogP contribution in [0.4, 0.5) is 4.39 Å². The van der Waals surface area contributed by atoms with E-state index in [0.717, 1.165) is 10.6 Å². The Kier molecular flexibility index (Phi) is 6.50. The molecular formula is C24H24FN3O3S. The molecule has 166 valence electrons. The maximum absolute atomic E-state index is 13.1. The van der Waals surface area contributed by atoms with Gasteiger partial charge in [-0.3, -0.25) is 9.59 Å². The SMILES string of the molecule is COc1ccc(C(=O)N2CCN(C(=O)c3sc(Cc4ccc(F)cc4)nc3C)CC2)cc1. The highest BCUT2D eigenvalue weighted by Gasteiger charge is 2.27. The normalized spacial score (nSPS) is 13.8. The Morgan fingerprint density at radius 3 is 2.16 bits per heavy atom. The number of aryl methyl sites for hydroxylation is 1. The number of carbonyl (C=O) groups excluding carboxylic acids is 2. The molecule has 2 aromatic carbocycles. The fraction of sp³-hybridized carbons (Fsp3) is 0.292. The zero-order chi connectivity index (χ0) is 22.7. The fourth-order valence-electron chi connectivity index (χ4n) is 3.68. The Hall–Kier alpha value is -3.26. The van der Waals surface area contributed by atoms with Gasteiger partial charge in [0.25, 0.3) is 11.8 Å². The first-order valence-corrected chi connectivity index (χ1v) is 11.2. The minimum atomic E-state index is -0.274. The Morgan fingerprint density at radius 2 is 1.56 bits per heavy atom. The first-order chi connectivity index (χ1) is 15.4. The van der Waals surface area contributed by atoms with Gasteiger partial charge in [-0.25, -0.2) is 9.37 Å². The van der Waals surface area contributed by atoms with Crippen molar-refractivity contribution in [1.29, 1.82) is 0 Å². The second-order valence-corrected chi connectivity index (χ2v) is 8.72. The molecular weight excluding hydrogens is 429 g/mol. The Balaban J connectivity index is 1.37. The Bertz CT molecular complexity index is 1100. The summed E-state index contributed by atoms with van der Waals surface area (Å²) in [6.45, 7) is 3.76. The number of hydrogen-bond donors (Lipinski definition) is 0. The average Bonchev–Trinajstić information content (AvgIpc) is 3.19. The standard InChI is InChI=1S/C24H24FN3O3S/c1-16-22(32-21(26-16)15-17-3-7-19(25)8-4-17)24(30)28-13-11-27(12-14-28)23(29)18-5-9-20(31-2)10-6-18/h3-10H,11-15H2,1-2H3. The molecule has 1 fully saturated rings. The van der Waals surface area contributed by atoms with E-state index in [1.165, 1.54) is 23.5 Å². The summed E-state index contributed by atoms with van der Waals surface area (Å²) in [4.78, 5) is 34.5. The molecule has 3 aromatic rings. The fourth-order valence-corrected chi connectivity index (χ4v) is 4.74. The molecule has 0 atom stereocenters. The number of methoxy groups -OCH3 is 1. The number of rotatable bonds is 5. The summed E-state index contributed by atoms with van der Waals surface area (Å²) < 4.78 is 18.3. The molecule has 0 spiro atoms. The number of thiazole rings is 1. The van der Waals surface area contributed by atoms with E-state index < -0.39 is 0 Å². The van der Waals surface area contributed by atoms with Gasteiger partial charge in [0, 0.05) is 38.2 Å². The molecule has 1 aliphatic heterocycles. The van der Waals surface area contributed by atoms with Gasteiger partial charge < -0.3 is 14.5 Å². The highest BCUT2D eigenvalue weighted by molar-refractivity contribution is 7.13. The molecule has 4 rings (SSSR count). The molecule has 6 nitrogen and oxygen atoms in total. The summed E-state index contributed by atoms with van der Waals surface area (Å²) in [6.07, 6.45) is 0.559. The van der Waals surface area contributed by atoms with Crippen LogP contribution in [-0.4, -0.2) is 59.9 Å². The predicted molar refractivity (Wildman–Crippen MR) is 121 cm³/mol. The monoisotopic (exact) mass is 453 g/mol. The number of halogens is 1. The van der Waals surface area contributed by atoms with Crippen molar-refractivity contribution in [2.24, 2.45) is 0 Å².